The number of rotatable bonds is 5. The van der Waals surface area contributed by atoms with Crippen LogP contribution in [-0.4, -0.2) is 29.9 Å². The number of carbonyl (C=O) groups is 2. The molecule has 122 valence electrons. The van der Waals surface area contributed by atoms with E-state index >= 15 is 0 Å². The molecule has 0 aliphatic carbocycles. The lowest BCUT2D eigenvalue weighted by molar-refractivity contribution is -0.137. The number of hydrogen-bond donors (Lipinski definition) is 3. The van der Waals surface area contributed by atoms with Crippen LogP contribution in [0.15, 0.2) is 18.2 Å². The third-order valence-corrected chi connectivity index (χ3v) is 2.69. The summed E-state index contributed by atoms with van der Waals surface area (Å²) >= 11 is 0. The van der Waals surface area contributed by atoms with Crippen LogP contribution >= 0.6 is 0 Å². The molecular formula is C15H22N2O5. The highest BCUT2D eigenvalue weighted by molar-refractivity contribution is 5.86. The number of amides is 1. The monoisotopic (exact) mass is 310 g/mol. The number of nitrogens with two attached hydrogens (primary N) is 1. The summed E-state index contributed by atoms with van der Waals surface area (Å²) in [6.45, 7) is 5.24. The summed E-state index contributed by atoms with van der Waals surface area (Å²) in [7, 11) is 1.49. The van der Waals surface area contributed by atoms with E-state index in [1.165, 1.54) is 7.11 Å². The van der Waals surface area contributed by atoms with Gasteiger partial charge in [-0.3, -0.25) is 10.1 Å². The van der Waals surface area contributed by atoms with Gasteiger partial charge in [0.15, 0.2) is 0 Å². The fourth-order valence-corrected chi connectivity index (χ4v) is 1.80. The SMILES string of the molecule is COc1ccc(NC(=O)OC(C)(C)C)c(C(N)CC(=O)O)c1. The van der Waals surface area contributed by atoms with E-state index in [9.17, 15) is 9.59 Å². The molecule has 0 aliphatic heterocycles. The minimum atomic E-state index is -1.03. The Bertz CT molecular complexity index is 551. The Kier molecular flexibility index (Phi) is 5.76. The quantitative estimate of drug-likeness (QED) is 0.770. The molecule has 4 N–H and O–H groups in total. The fraction of sp³-hybridized carbons (Fsp3) is 0.467. The van der Waals surface area contributed by atoms with Gasteiger partial charge in [0.25, 0.3) is 0 Å². The first-order valence-corrected chi connectivity index (χ1v) is 6.77. The van der Waals surface area contributed by atoms with Gasteiger partial charge in [-0.15, -0.1) is 0 Å². The largest absolute Gasteiger partial charge is 0.497 e. The molecular weight excluding hydrogens is 288 g/mol. The molecule has 0 saturated heterocycles. The van der Waals surface area contributed by atoms with Crippen molar-refractivity contribution < 1.29 is 24.2 Å². The molecule has 1 atom stereocenters. The zero-order chi connectivity index (χ0) is 16.9. The van der Waals surface area contributed by atoms with Crippen molar-refractivity contribution in [3.8, 4) is 5.75 Å². The van der Waals surface area contributed by atoms with Crippen molar-refractivity contribution in [3.05, 3.63) is 23.8 Å². The molecule has 0 aliphatic rings. The van der Waals surface area contributed by atoms with E-state index in [0.717, 1.165) is 0 Å². The van der Waals surface area contributed by atoms with Crippen LogP contribution in [0.5, 0.6) is 5.75 Å². The smallest absolute Gasteiger partial charge is 0.412 e. The zero-order valence-corrected chi connectivity index (χ0v) is 13.2. The molecule has 1 amide bonds. The highest BCUT2D eigenvalue weighted by Crippen LogP contribution is 2.28. The van der Waals surface area contributed by atoms with Crippen LogP contribution in [0.2, 0.25) is 0 Å². The lowest BCUT2D eigenvalue weighted by Gasteiger charge is -2.21. The number of aliphatic carboxylic acids is 1. The van der Waals surface area contributed by atoms with Crippen molar-refractivity contribution >= 4 is 17.7 Å². The van der Waals surface area contributed by atoms with E-state index in [1.807, 2.05) is 0 Å². The van der Waals surface area contributed by atoms with Crippen molar-refractivity contribution in [2.24, 2.45) is 5.73 Å². The van der Waals surface area contributed by atoms with Crippen molar-refractivity contribution in [3.63, 3.8) is 0 Å². The maximum atomic E-state index is 11.9. The van der Waals surface area contributed by atoms with Gasteiger partial charge in [-0.2, -0.15) is 0 Å². The molecule has 0 bridgehead atoms. The predicted molar refractivity (Wildman–Crippen MR) is 82.0 cm³/mol. The molecule has 1 aromatic rings. The van der Waals surface area contributed by atoms with Gasteiger partial charge in [-0.1, -0.05) is 0 Å². The number of anilines is 1. The van der Waals surface area contributed by atoms with E-state index in [0.29, 0.717) is 17.0 Å². The summed E-state index contributed by atoms with van der Waals surface area (Å²) in [4.78, 5) is 22.7. The van der Waals surface area contributed by atoms with Gasteiger partial charge in [-0.25, -0.2) is 4.79 Å². The minimum absolute atomic E-state index is 0.268. The number of nitrogens with one attached hydrogen (secondary N) is 1. The maximum Gasteiger partial charge on any atom is 0.412 e. The first-order chi connectivity index (χ1) is 10.1. The number of benzene rings is 1. The standard InChI is InChI=1S/C15H22N2O5/c1-15(2,3)22-14(20)17-12-6-5-9(21-4)7-10(12)11(16)8-13(18)19/h5-7,11H,8,16H2,1-4H3,(H,17,20)(H,18,19). The fourth-order valence-electron chi connectivity index (χ4n) is 1.80. The molecule has 0 fully saturated rings. The van der Waals surface area contributed by atoms with Gasteiger partial charge in [0.05, 0.1) is 13.5 Å². The van der Waals surface area contributed by atoms with Crippen LogP contribution < -0.4 is 15.8 Å². The average molecular weight is 310 g/mol. The van der Waals surface area contributed by atoms with Gasteiger partial charge < -0.3 is 20.3 Å². The van der Waals surface area contributed by atoms with Crippen molar-refractivity contribution in [1.29, 1.82) is 0 Å². The summed E-state index contributed by atoms with van der Waals surface area (Å²) in [6, 6.07) is 4.06. The normalized spacial score (nSPS) is 12.4. The van der Waals surface area contributed by atoms with Gasteiger partial charge in [0.1, 0.15) is 11.4 Å². The van der Waals surface area contributed by atoms with E-state index in [2.05, 4.69) is 5.32 Å². The Morgan fingerprint density at radius 1 is 1.36 bits per heavy atom. The Morgan fingerprint density at radius 3 is 2.50 bits per heavy atom. The summed E-state index contributed by atoms with van der Waals surface area (Å²) in [5.74, 6) is -0.510. The zero-order valence-electron chi connectivity index (χ0n) is 13.2. The third-order valence-electron chi connectivity index (χ3n) is 2.69. The number of carboxylic acids is 1. The summed E-state index contributed by atoms with van der Waals surface area (Å²) in [5.41, 5.74) is 6.11. The van der Waals surface area contributed by atoms with E-state index in [-0.39, 0.29) is 6.42 Å². The van der Waals surface area contributed by atoms with E-state index < -0.39 is 23.7 Å². The lowest BCUT2D eigenvalue weighted by atomic mass is 10.0. The molecule has 0 heterocycles. The molecule has 1 rings (SSSR count). The summed E-state index contributed by atoms with van der Waals surface area (Å²) in [6.07, 6.45) is -0.905. The number of carbonyl (C=O) groups excluding carboxylic acids is 1. The Hall–Kier alpha value is -2.28. The highest BCUT2D eigenvalue weighted by Gasteiger charge is 2.20. The second-order valence-electron chi connectivity index (χ2n) is 5.78. The number of ether oxygens (including phenoxy) is 2. The molecule has 0 radical (unpaired) electrons. The number of hydrogen-bond acceptors (Lipinski definition) is 5. The van der Waals surface area contributed by atoms with Crippen LogP contribution in [-0.2, 0) is 9.53 Å². The number of methoxy groups -OCH3 is 1. The van der Waals surface area contributed by atoms with Crippen LogP contribution in [0.25, 0.3) is 0 Å². The van der Waals surface area contributed by atoms with Crippen LogP contribution in [0.3, 0.4) is 0 Å². The van der Waals surface area contributed by atoms with Crippen molar-refractivity contribution in [2.75, 3.05) is 12.4 Å². The average Bonchev–Trinajstić information content (AvgIpc) is 2.35. The van der Waals surface area contributed by atoms with Gasteiger partial charge in [0, 0.05) is 11.7 Å². The van der Waals surface area contributed by atoms with Crippen molar-refractivity contribution in [1.82, 2.24) is 0 Å². The van der Waals surface area contributed by atoms with Crippen LogP contribution in [0.1, 0.15) is 38.8 Å². The Morgan fingerprint density at radius 2 is 2.00 bits per heavy atom. The van der Waals surface area contributed by atoms with E-state index in [1.54, 1.807) is 39.0 Å². The molecule has 7 nitrogen and oxygen atoms in total. The first-order valence-electron chi connectivity index (χ1n) is 6.77. The van der Waals surface area contributed by atoms with Gasteiger partial charge in [0.2, 0.25) is 0 Å². The van der Waals surface area contributed by atoms with Crippen LogP contribution in [0.4, 0.5) is 10.5 Å². The lowest BCUT2D eigenvalue weighted by Crippen LogP contribution is -2.28. The molecule has 1 aromatic carbocycles. The van der Waals surface area contributed by atoms with Crippen molar-refractivity contribution in [2.45, 2.75) is 38.8 Å². The predicted octanol–water partition coefficient (Wildman–Crippen LogP) is 2.52. The second-order valence-corrected chi connectivity index (χ2v) is 5.78. The highest BCUT2D eigenvalue weighted by atomic mass is 16.6. The van der Waals surface area contributed by atoms with Gasteiger partial charge >= 0.3 is 12.1 Å². The number of carboxylic acid groups (broad SMARTS) is 1. The molecule has 0 spiro atoms. The molecule has 22 heavy (non-hydrogen) atoms. The molecule has 0 saturated carbocycles. The third kappa shape index (κ3) is 5.61. The minimum Gasteiger partial charge on any atom is -0.497 e. The van der Waals surface area contributed by atoms with E-state index in [4.69, 9.17) is 20.3 Å². The maximum absolute atomic E-state index is 11.9. The summed E-state index contributed by atoms with van der Waals surface area (Å²) < 4.78 is 10.3. The topological polar surface area (TPSA) is 111 Å². The Labute approximate surface area is 129 Å². The molecule has 1 unspecified atom stereocenters. The van der Waals surface area contributed by atoms with Crippen LogP contribution in [0, 0.1) is 0 Å². The summed E-state index contributed by atoms with van der Waals surface area (Å²) in [5, 5.41) is 11.5. The second kappa shape index (κ2) is 7.13. The van der Waals surface area contributed by atoms with Gasteiger partial charge in [-0.05, 0) is 44.5 Å². The molecule has 7 heteroatoms. The molecule has 0 aromatic heterocycles. The first kappa shape index (κ1) is 17.8. The Balaban J connectivity index is 3.02.